The molecule has 1 saturated carbocycles. The summed E-state index contributed by atoms with van der Waals surface area (Å²) in [5.74, 6) is -0.257. The van der Waals surface area contributed by atoms with Crippen LogP contribution < -0.4 is 0 Å². The van der Waals surface area contributed by atoms with E-state index in [0.717, 1.165) is 19.3 Å². The fourth-order valence-electron chi connectivity index (χ4n) is 2.13. The van der Waals surface area contributed by atoms with Crippen LogP contribution in [-0.4, -0.2) is 31.8 Å². The number of benzene rings is 1. The molecule has 8 heteroatoms. The van der Waals surface area contributed by atoms with Gasteiger partial charge in [-0.3, -0.25) is 4.79 Å². The van der Waals surface area contributed by atoms with Crippen molar-refractivity contribution in [2.24, 2.45) is 0 Å². The van der Waals surface area contributed by atoms with Gasteiger partial charge in [0.15, 0.2) is 0 Å². The van der Waals surface area contributed by atoms with Gasteiger partial charge in [-0.1, -0.05) is 34.5 Å². The standard InChI is InChI=1S/C13H14BrCl2NO3S/c1-2-5-17(9-3-4-9)13(18)10-6-8(14)7-11(12(10)15)21(16,19)20/h6-7,9H,2-5H2,1H3. The summed E-state index contributed by atoms with van der Waals surface area (Å²) in [6.45, 7) is 2.61. The topological polar surface area (TPSA) is 54.5 Å². The molecule has 1 fully saturated rings. The highest BCUT2D eigenvalue weighted by Crippen LogP contribution is 2.35. The van der Waals surface area contributed by atoms with Gasteiger partial charge in [0.1, 0.15) is 4.90 Å². The third-order valence-corrected chi connectivity index (χ3v) is 5.53. The van der Waals surface area contributed by atoms with E-state index in [-0.39, 0.29) is 27.4 Å². The van der Waals surface area contributed by atoms with Crippen LogP contribution in [0.1, 0.15) is 36.5 Å². The first kappa shape index (κ1) is 17.1. The van der Waals surface area contributed by atoms with Gasteiger partial charge in [-0.05, 0) is 31.4 Å². The zero-order valence-electron chi connectivity index (χ0n) is 11.3. The second-order valence-corrected chi connectivity index (χ2v) is 8.76. The van der Waals surface area contributed by atoms with Crippen LogP contribution in [0.4, 0.5) is 0 Å². The average molecular weight is 415 g/mol. The predicted octanol–water partition coefficient (Wildman–Crippen LogP) is 4.04. The van der Waals surface area contributed by atoms with Crippen LogP contribution in [0.15, 0.2) is 21.5 Å². The lowest BCUT2D eigenvalue weighted by Gasteiger charge is -2.22. The molecule has 0 radical (unpaired) electrons. The van der Waals surface area contributed by atoms with Gasteiger partial charge in [0.05, 0.1) is 10.6 Å². The summed E-state index contributed by atoms with van der Waals surface area (Å²) in [5, 5.41) is -0.125. The monoisotopic (exact) mass is 413 g/mol. The first-order chi connectivity index (χ1) is 9.75. The fourth-order valence-corrected chi connectivity index (χ4v) is 4.31. The maximum atomic E-state index is 12.7. The van der Waals surface area contributed by atoms with Gasteiger partial charge in [0.2, 0.25) is 0 Å². The summed E-state index contributed by atoms with van der Waals surface area (Å²) in [4.78, 5) is 14.1. The van der Waals surface area contributed by atoms with Gasteiger partial charge in [-0.25, -0.2) is 8.42 Å². The maximum Gasteiger partial charge on any atom is 0.262 e. The van der Waals surface area contributed by atoms with Gasteiger partial charge in [-0.2, -0.15) is 0 Å². The Hall–Kier alpha value is -0.300. The van der Waals surface area contributed by atoms with Crippen LogP contribution in [0.25, 0.3) is 0 Å². The Morgan fingerprint density at radius 2 is 2.05 bits per heavy atom. The normalized spacial score (nSPS) is 15.0. The molecule has 0 spiro atoms. The minimum Gasteiger partial charge on any atom is -0.336 e. The van der Waals surface area contributed by atoms with Crippen LogP contribution in [0.3, 0.4) is 0 Å². The van der Waals surface area contributed by atoms with Crippen molar-refractivity contribution in [2.45, 2.75) is 37.1 Å². The molecule has 1 amide bonds. The minimum atomic E-state index is -4.02. The molecular weight excluding hydrogens is 401 g/mol. The molecule has 1 aliphatic rings. The van der Waals surface area contributed by atoms with E-state index in [1.807, 2.05) is 6.92 Å². The number of rotatable bonds is 5. The maximum absolute atomic E-state index is 12.7. The van der Waals surface area contributed by atoms with E-state index in [9.17, 15) is 13.2 Å². The van der Waals surface area contributed by atoms with Gasteiger partial charge < -0.3 is 4.90 Å². The third-order valence-electron chi connectivity index (χ3n) is 3.21. The molecule has 116 valence electrons. The van der Waals surface area contributed by atoms with E-state index in [0.29, 0.717) is 11.0 Å². The van der Waals surface area contributed by atoms with Crippen LogP contribution in [-0.2, 0) is 9.05 Å². The highest BCUT2D eigenvalue weighted by molar-refractivity contribution is 9.10. The van der Waals surface area contributed by atoms with Crippen molar-refractivity contribution >= 4 is 53.2 Å². The van der Waals surface area contributed by atoms with Crippen LogP contribution in [0.5, 0.6) is 0 Å². The number of halogens is 3. The second-order valence-electron chi connectivity index (χ2n) is 4.93. The quantitative estimate of drug-likeness (QED) is 0.683. The predicted molar refractivity (Wildman–Crippen MR) is 86.5 cm³/mol. The number of carbonyl (C=O) groups excluding carboxylic acids is 1. The zero-order chi connectivity index (χ0) is 15.8. The van der Waals surface area contributed by atoms with Crippen molar-refractivity contribution in [3.8, 4) is 0 Å². The summed E-state index contributed by atoms with van der Waals surface area (Å²) in [5.41, 5.74) is 0.158. The smallest absolute Gasteiger partial charge is 0.262 e. The van der Waals surface area contributed by atoms with E-state index in [2.05, 4.69) is 15.9 Å². The largest absolute Gasteiger partial charge is 0.336 e. The Bertz CT molecular complexity index is 674. The molecule has 0 aromatic heterocycles. The van der Waals surface area contributed by atoms with Crippen molar-refractivity contribution in [1.82, 2.24) is 4.90 Å². The molecule has 0 saturated heterocycles. The number of amides is 1. The SMILES string of the molecule is CCCN(C(=O)c1cc(Br)cc(S(=O)(=O)Cl)c1Cl)C1CC1. The van der Waals surface area contributed by atoms with E-state index in [4.69, 9.17) is 22.3 Å². The van der Waals surface area contributed by atoms with Gasteiger partial charge in [-0.15, -0.1) is 0 Å². The van der Waals surface area contributed by atoms with Gasteiger partial charge >= 0.3 is 0 Å². The summed E-state index contributed by atoms with van der Waals surface area (Å²) in [6.07, 6.45) is 2.77. The number of hydrogen-bond acceptors (Lipinski definition) is 3. The van der Waals surface area contributed by atoms with Crippen LogP contribution in [0.2, 0.25) is 5.02 Å². The van der Waals surface area contributed by atoms with Gasteiger partial charge in [0.25, 0.3) is 15.0 Å². The van der Waals surface area contributed by atoms with Crippen molar-refractivity contribution in [2.75, 3.05) is 6.54 Å². The molecule has 2 rings (SSSR count). The van der Waals surface area contributed by atoms with E-state index in [1.54, 1.807) is 4.90 Å². The number of carbonyl (C=O) groups is 1. The molecule has 0 heterocycles. The van der Waals surface area contributed by atoms with E-state index < -0.39 is 9.05 Å². The molecule has 0 aliphatic heterocycles. The van der Waals surface area contributed by atoms with Crippen molar-refractivity contribution in [3.63, 3.8) is 0 Å². The minimum absolute atomic E-state index is 0.125. The third kappa shape index (κ3) is 3.92. The Morgan fingerprint density at radius 3 is 2.52 bits per heavy atom. The molecule has 21 heavy (non-hydrogen) atoms. The fraction of sp³-hybridized carbons (Fsp3) is 0.462. The summed E-state index contributed by atoms with van der Waals surface area (Å²) >= 11 is 9.29. The summed E-state index contributed by atoms with van der Waals surface area (Å²) < 4.78 is 23.6. The highest BCUT2D eigenvalue weighted by atomic mass is 79.9. The lowest BCUT2D eigenvalue weighted by atomic mass is 10.2. The summed E-state index contributed by atoms with van der Waals surface area (Å²) in [6, 6.07) is 3.05. The summed E-state index contributed by atoms with van der Waals surface area (Å²) in [7, 11) is 1.36. The van der Waals surface area contributed by atoms with E-state index >= 15 is 0 Å². The van der Waals surface area contributed by atoms with Crippen molar-refractivity contribution in [3.05, 3.63) is 27.2 Å². The molecule has 0 unspecified atom stereocenters. The number of hydrogen-bond donors (Lipinski definition) is 0. The van der Waals surface area contributed by atoms with Crippen molar-refractivity contribution < 1.29 is 13.2 Å². The van der Waals surface area contributed by atoms with Gasteiger partial charge in [0, 0.05) is 27.7 Å². The molecule has 1 aliphatic carbocycles. The molecular formula is C13H14BrCl2NO3S. The molecule has 0 N–H and O–H groups in total. The Morgan fingerprint density at radius 1 is 1.43 bits per heavy atom. The Labute approximate surface area is 142 Å². The van der Waals surface area contributed by atoms with Crippen LogP contribution in [0, 0.1) is 0 Å². The Balaban J connectivity index is 2.48. The van der Waals surface area contributed by atoms with E-state index in [1.165, 1.54) is 12.1 Å². The first-order valence-electron chi connectivity index (χ1n) is 6.50. The first-order valence-corrected chi connectivity index (χ1v) is 9.98. The second kappa shape index (κ2) is 6.44. The molecule has 1 aromatic rings. The molecule has 0 bridgehead atoms. The lowest BCUT2D eigenvalue weighted by molar-refractivity contribution is 0.0743. The lowest BCUT2D eigenvalue weighted by Crippen LogP contribution is -2.34. The van der Waals surface area contributed by atoms with Crippen LogP contribution >= 0.6 is 38.2 Å². The molecule has 0 atom stereocenters. The Kier molecular flexibility index (Phi) is 5.23. The average Bonchev–Trinajstić information content (AvgIpc) is 3.20. The highest BCUT2D eigenvalue weighted by Gasteiger charge is 2.34. The number of nitrogens with zero attached hydrogens (tertiary/aromatic N) is 1. The van der Waals surface area contributed by atoms with Crippen molar-refractivity contribution in [1.29, 1.82) is 0 Å². The molecule has 1 aromatic carbocycles. The zero-order valence-corrected chi connectivity index (χ0v) is 15.2. The molecule has 4 nitrogen and oxygen atoms in total.